The quantitative estimate of drug-likeness (QED) is 0.728. The van der Waals surface area contributed by atoms with Gasteiger partial charge < -0.3 is 10.5 Å². The van der Waals surface area contributed by atoms with Crippen LogP contribution in [0.1, 0.15) is 29.2 Å². The van der Waals surface area contributed by atoms with E-state index in [1.54, 1.807) is 12.1 Å². The van der Waals surface area contributed by atoms with E-state index in [9.17, 15) is 17.2 Å². The Bertz CT molecular complexity index is 1020. The summed E-state index contributed by atoms with van der Waals surface area (Å²) in [5, 5.41) is 0. The molecule has 0 saturated carbocycles. The van der Waals surface area contributed by atoms with Crippen LogP contribution in [0.15, 0.2) is 41.3 Å². The van der Waals surface area contributed by atoms with Crippen LogP contribution < -0.4 is 5.73 Å². The van der Waals surface area contributed by atoms with E-state index in [1.165, 1.54) is 6.26 Å². The van der Waals surface area contributed by atoms with Crippen molar-refractivity contribution < 1.29 is 21.9 Å². The molecule has 2 N–H and O–H groups in total. The molecule has 0 spiro atoms. The molecule has 10 heteroatoms. The number of hydrogen-bond acceptors (Lipinski definition) is 5. The van der Waals surface area contributed by atoms with Crippen LogP contribution in [0.4, 0.5) is 8.78 Å². The molecule has 2 heterocycles. The lowest BCUT2D eigenvalue weighted by atomic mass is 9.93. The maximum atomic E-state index is 14.1. The van der Waals surface area contributed by atoms with Crippen LogP contribution in [0.2, 0.25) is 0 Å². The van der Waals surface area contributed by atoms with Crippen molar-refractivity contribution in [1.82, 2.24) is 4.90 Å². The molecule has 4 rings (SSSR count). The van der Waals surface area contributed by atoms with Gasteiger partial charge in [-0.25, -0.2) is 17.2 Å². The van der Waals surface area contributed by atoms with Crippen LogP contribution in [-0.4, -0.2) is 38.3 Å². The lowest BCUT2D eigenvalue weighted by Gasteiger charge is -2.38. The average molecular weight is 481 g/mol. The Balaban J connectivity index is 0.00000160. The molecule has 5 nitrogen and oxygen atoms in total. The van der Waals surface area contributed by atoms with E-state index < -0.39 is 33.6 Å². The highest BCUT2D eigenvalue weighted by molar-refractivity contribution is 7.90. The monoisotopic (exact) mass is 480 g/mol. The molecule has 2 aromatic rings. The highest BCUT2D eigenvalue weighted by Gasteiger charge is 2.36. The first-order valence-corrected chi connectivity index (χ1v) is 11.0. The predicted octanol–water partition coefficient (Wildman–Crippen LogP) is 3.39. The van der Waals surface area contributed by atoms with E-state index in [2.05, 4.69) is 4.90 Å². The van der Waals surface area contributed by atoms with Gasteiger partial charge in [0.1, 0.15) is 17.7 Å². The third-order valence-electron chi connectivity index (χ3n) is 5.54. The van der Waals surface area contributed by atoms with Crippen molar-refractivity contribution >= 4 is 34.7 Å². The third kappa shape index (κ3) is 4.95. The molecule has 0 aromatic heterocycles. The Morgan fingerprint density at radius 3 is 2.43 bits per heavy atom. The summed E-state index contributed by atoms with van der Waals surface area (Å²) >= 11 is 0. The molecule has 2 aliphatic rings. The standard InChI is InChI=1S/C20H22F2N2O3S.2ClH/c1-28(25,26)16-4-2-12-9-24(10-13(12)6-16)15-8-19(23)20(27-11-15)17-7-14(21)3-5-18(17)22;;/h2-7,15,19-20H,8-11,23H2,1H3;2*1H/t15-,19+,20-;;/m1../s1. The van der Waals surface area contributed by atoms with Crippen molar-refractivity contribution in [2.24, 2.45) is 5.73 Å². The topological polar surface area (TPSA) is 72.6 Å². The minimum Gasteiger partial charge on any atom is -0.370 e. The van der Waals surface area contributed by atoms with Crippen molar-refractivity contribution in [2.45, 2.75) is 42.6 Å². The number of halogens is 4. The maximum Gasteiger partial charge on any atom is 0.175 e. The van der Waals surface area contributed by atoms with Crippen molar-refractivity contribution in [3.63, 3.8) is 0 Å². The minimum atomic E-state index is -3.25. The number of rotatable bonds is 3. The zero-order valence-electron chi connectivity index (χ0n) is 16.3. The molecule has 0 radical (unpaired) electrons. The Kier molecular flexibility index (Phi) is 7.88. The van der Waals surface area contributed by atoms with Gasteiger partial charge in [0.25, 0.3) is 0 Å². The molecule has 0 bridgehead atoms. The van der Waals surface area contributed by atoms with E-state index in [4.69, 9.17) is 10.5 Å². The SMILES string of the molecule is CS(=O)(=O)c1ccc2c(c1)CN([C@H]1CO[C@H](c3cc(F)ccc3F)[C@@H](N)C1)C2.Cl.Cl. The number of nitrogens with two attached hydrogens (primary N) is 1. The Hall–Kier alpha value is -1.29. The Labute approximate surface area is 187 Å². The van der Waals surface area contributed by atoms with Gasteiger partial charge in [0.15, 0.2) is 9.84 Å². The van der Waals surface area contributed by atoms with Crippen molar-refractivity contribution in [3.05, 3.63) is 64.7 Å². The zero-order chi connectivity index (χ0) is 20.1. The summed E-state index contributed by atoms with van der Waals surface area (Å²) < 4.78 is 57.0. The van der Waals surface area contributed by atoms with Gasteiger partial charge >= 0.3 is 0 Å². The number of sulfone groups is 1. The lowest BCUT2D eigenvalue weighted by Crippen LogP contribution is -2.47. The van der Waals surface area contributed by atoms with Gasteiger partial charge in [0, 0.05) is 37.0 Å². The van der Waals surface area contributed by atoms with Crippen molar-refractivity contribution in [1.29, 1.82) is 0 Å². The number of nitrogens with zero attached hydrogens (tertiary/aromatic N) is 1. The van der Waals surface area contributed by atoms with Gasteiger partial charge in [-0.15, -0.1) is 24.8 Å². The predicted molar refractivity (Wildman–Crippen MR) is 115 cm³/mol. The van der Waals surface area contributed by atoms with Gasteiger partial charge in [0.2, 0.25) is 0 Å². The highest BCUT2D eigenvalue weighted by Crippen LogP contribution is 2.34. The summed E-state index contributed by atoms with van der Waals surface area (Å²) in [6.45, 7) is 1.64. The molecule has 30 heavy (non-hydrogen) atoms. The first kappa shape index (κ1) is 25.0. The largest absolute Gasteiger partial charge is 0.370 e. The molecular formula is C20H24Cl2F2N2O3S. The number of hydrogen-bond donors (Lipinski definition) is 1. The smallest absolute Gasteiger partial charge is 0.175 e. The van der Waals surface area contributed by atoms with Crippen LogP contribution in [0.5, 0.6) is 0 Å². The zero-order valence-corrected chi connectivity index (χ0v) is 18.7. The molecule has 3 atom stereocenters. The molecule has 0 unspecified atom stereocenters. The van der Waals surface area contributed by atoms with Crippen LogP contribution in [0.25, 0.3) is 0 Å². The normalized spacial score (nSPS) is 23.9. The summed E-state index contributed by atoms with van der Waals surface area (Å²) in [5.74, 6) is -1.05. The average Bonchev–Trinajstić information content (AvgIpc) is 3.06. The Morgan fingerprint density at radius 1 is 1.07 bits per heavy atom. The molecule has 0 aliphatic carbocycles. The fourth-order valence-electron chi connectivity index (χ4n) is 4.04. The van der Waals surface area contributed by atoms with Gasteiger partial charge in [-0.3, -0.25) is 4.90 Å². The molecule has 0 amide bonds. The van der Waals surface area contributed by atoms with Crippen LogP contribution in [0, 0.1) is 11.6 Å². The molecule has 166 valence electrons. The van der Waals surface area contributed by atoms with E-state index >= 15 is 0 Å². The van der Waals surface area contributed by atoms with Gasteiger partial charge in [-0.1, -0.05) is 6.07 Å². The third-order valence-corrected chi connectivity index (χ3v) is 6.65. The van der Waals surface area contributed by atoms with Crippen LogP contribution in [0.3, 0.4) is 0 Å². The summed E-state index contributed by atoms with van der Waals surface area (Å²) in [6, 6.07) is 8.05. The van der Waals surface area contributed by atoms with E-state index in [0.717, 1.165) is 29.3 Å². The Morgan fingerprint density at radius 2 is 1.77 bits per heavy atom. The van der Waals surface area contributed by atoms with Gasteiger partial charge in [-0.2, -0.15) is 0 Å². The first-order valence-electron chi connectivity index (χ1n) is 9.10. The fourth-order valence-corrected chi connectivity index (χ4v) is 4.71. The summed E-state index contributed by atoms with van der Waals surface area (Å²) in [6.07, 6.45) is 1.09. The van der Waals surface area contributed by atoms with Crippen molar-refractivity contribution in [3.8, 4) is 0 Å². The molecule has 1 saturated heterocycles. The second-order valence-electron chi connectivity index (χ2n) is 7.58. The van der Waals surface area contributed by atoms with E-state index in [0.29, 0.717) is 31.0 Å². The summed E-state index contributed by atoms with van der Waals surface area (Å²) in [5.41, 5.74) is 8.46. The van der Waals surface area contributed by atoms with E-state index in [-0.39, 0.29) is 36.4 Å². The highest BCUT2D eigenvalue weighted by atomic mass is 35.5. The minimum absolute atomic E-state index is 0. The molecular weight excluding hydrogens is 457 g/mol. The van der Waals surface area contributed by atoms with Crippen molar-refractivity contribution in [2.75, 3.05) is 12.9 Å². The number of fused-ring (bicyclic) bond motifs is 1. The molecule has 1 fully saturated rings. The second kappa shape index (κ2) is 9.46. The van der Waals surface area contributed by atoms with Crippen LogP contribution >= 0.6 is 24.8 Å². The van der Waals surface area contributed by atoms with Gasteiger partial charge in [-0.05, 0) is 47.9 Å². The fraction of sp³-hybridized carbons (Fsp3) is 0.400. The van der Waals surface area contributed by atoms with E-state index in [1.807, 2.05) is 6.07 Å². The van der Waals surface area contributed by atoms with Crippen LogP contribution in [-0.2, 0) is 27.7 Å². The second-order valence-corrected chi connectivity index (χ2v) is 9.60. The lowest BCUT2D eigenvalue weighted by molar-refractivity contribution is -0.0531. The summed E-state index contributed by atoms with van der Waals surface area (Å²) in [4.78, 5) is 2.50. The molecule has 2 aromatic carbocycles. The first-order chi connectivity index (χ1) is 13.2. The van der Waals surface area contributed by atoms with Gasteiger partial charge in [0.05, 0.1) is 11.5 Å². The summed E-state index contributed by atoms with van der Waals surface area (Å²) in [7, 11) is -3.25. The maximum absolute atomic E-state index is 14.1. The number of benzene rings is 2. The number of ether oxygens (including phenoxy) is 1. The molecule has 2 aliphatic heterocycles.